The van der Waals surface area contributed by atoms with Crippen LogP contribution >= 0.6 is 0 Å². The van der Waals surface area contributed by atoms with Crippen LogP contribution in [-0.2, 0) is 22.5 Å². The molecule has 0 fully saturated rings. The number of nitrogens with zero attached hydrogens (tertiary/aromatic N) is 1. The molecular formula is C15H21NO2. The second-order valence-corrected chi connectivity index (χ2v) is 4.72. The zero-order chi connectivity index (χ0) is 13.5. The summed E-state index contributed by atoms with van der Waals surface area (Å²) in [6.45, 7) is 6.52. The van der Waals surface area contributed by atoms with E-state index in [1.807, 2.05) is 26.2 Å². The molecule has 0 aliphatic rings. The summed E-state index contributed by atoms with van der Waals surface area (Å²) in [5.41, 5.74) is 2.89. The lowest BCUT2D eigenvalue weighted by atomic mass is 10.1. The van der Waals surface area contributed by atoms with Crippen molar-refractivity contribution in [2.75, 3.05) is 20.7 Å². The number of esters is 1. The van der Waals surface area contributed by atoms with E-state index in [1.54, 1.807) is 6.92 Å². The fourth-order valence-electron chi connectivity index (χ4n) is 1.63. The number of rotatable bonds is 6. The summed E-state index contributed by atoms with van der Waals surface area (Å²) in [6, 6.07) is 8.33. The maximum absolute atomic E-state index is 11.2. The predicted octanol–water partition coefficient (Wildman–Crippen LogP) is 2.41. The Morgan fingerprint density at radius 2 is 2.00 bits per heavy atom. The second kappa shape index (κ2) is 6.97. The molecule has 0 bridgehead atoms. The molecular weight excluding hydrogens is 226 g/mol. The zero-order valence-corrected chi connectivity index (χ0v) is 11.4. The minimum absolute atomic E-state index is 0.320. The van der Waals surface area contributed by atoms with E-state index in [-0.39, 0.29) is 5.97 Å². The van der Waals surface area contributed by atoms with Crippen LogP contribution in [0, 0.1) is 0 Å². The Morgan fingerprint density at radius 1 is 1.33 bits per heavy atom. The maximum atomic E-state index is 11.2. The third-order valence-corrected chi connectivity index (χ3v) is 2.46. The highest BCUT2D eigenvalue weighted by Gasteiger charge is 2.03. The third-order valence-electron chi connectivity index (χ3n) is 2.46. The van der Waals surface area contributed by atoms with E-state index in [0.29, 0.717) is 12.2 Å². The Labute approximate surface area is 109 Å². The van der Waals surface area contributed by atoms with Gasteiger partial charge in [0.1, 0.15) is 0 Å². The monoisotopic (exact) mass is 247 g/mol. The summed E-state index contributed by atoms with van der Waals surface area (Å²) >= 11 is 0. The minimum Gasteiger partial charge on any atom is -0.462 e. The summed E-state index contributed by atoms with van der Waals surface area (Å²) in [7, 11) is 4.09. The fourth-order valence-corrected chi connectivity index (χ4v) is 1.63. The molecule has 0 saturated heterocycles. The SMILES string of the molecule is C=C(C)C(=O)OCCc1cccc(CN(C)C)c1. The van der Waals surface area contributed by atoms with Gasteiger partial charge in [-0.1, -0.05) is 30.8 Å². The molecule has 0 heterocycles. The molecule has 0 radical (unpaired) electrons. The molecule has 0 aliphatic heterocycles. The van der Waals surface area contributed by atoms with Gasteiger partial charge in [-0.3, -0.25) is 0 Å². The van der Waals surface area contributed by atoms with Gasteiger partial charge in [-0.15, -0.1) is 0 Å². The first-order valence-electron chi connectivity index (χ1n) is 6.04. The molecule has 0 N–H and O–H groups in total. The fraction of sp³-hybridized carbons (Fsp3) is 0.400. The van der Waals surface area contributed by atoms with Crippen molar-refractivity contribution in [3.05, 3.63) is 47.5 Å². The van der Waals surface area contributed by atoms with Gasteiger partial charge < -0.3 is 9.64 Å². The van der Waals surface area contributed by atoms with Crippen LogP contribution in [-0.4, -0.2) is 31.6 Å². The summed E-state index contributed by atoms with van der Waals surface area (Å²) in [6.07, 6.45) is 0.736. The number of ether oxygens (including phenoxy) is 1. The first-order valence-corrected chi connectivity index (χ1v) is 6.04. The number of carbonyl (C=O) groups is 1. The molecule has 98 valence electrons. The number of benzene rings is 1. The van der Waals surface area contributed by atoms with Crippen molar-refractivity contribution in [3.8, 4) is 0 Å². The molecule has 3 nitrogen and oxygen atoms in total. The van der Waals surface area contributed by atoms with Crippen LogP contribution in [0.1, 0.15) is 18.1 Å². The number of hydrogen-bond acceptors (Lipinski definition) is 3. The third kappa shape index (κ3) is 5.15. The smallest absolute Gasteiger partial charge is 0.333 e. The van der Waals surface area contributed by atoms with Gasteiger partial charge in [-0.25, -0.2) is 4.79 Å². The summed E-state index contributed by atoms with van der Waals surface area (Å²) in [5.74, 6) is -0.320. The van der Waals surface area contributed by atoms with Gasteiger partial charge in [0.2, 0.25) is 0 Å². The van der Waals surface area contributed by atoms with Crippen LogP contribution in [0.2, 0.25) is 0 Å². The highest BCUT2D eigenvalue weighted by atomic mass is 16.5. The van der Waals surface area contributed by atoms with E-state index in [2.05, 4.69) is 23.6 Å². The largest absolute Gasteiger partial charge is 0.462 e. The quantitative estimate of drug-likeness (QED) is 0.571. The second-order valence-electron chi connectivity index (χ2n) is 4.72. The van der Waals surface area contributed by atoms with Crippen molar-refractivity contribution in [1.29, 1.82) is 0 Å². The van der Waals surface area contributed by atoms with E-state index in [0.717, 1.165) is 13.0 Å². The Balaban J connectivity index is 2.47. The van der Waals surface area contributed by atoms with E-state index >= 15 is 0 Å². The minimum atomic E-state index is -0.320. The molecule has 0 aliphatic carbocycles. The molecule has 0 saturated carbocycles. The van der Waals surface area contributed by atoms with Crippen LogP contribution in [0.15, 0.2) is 36.4 Å². The highest BCUT2D eigenvalue weighted by molar-refractivity contribution is 5.86. The molecule has 0 aromatic heterocycles. The van der Waals surface area contributed by atoms with Gasteiger partial charge >= 0.3 is 5.97 Å². The molecule has 18 heavy (non-hydrogen) atoms. The Hall–Kier alpha value is -1.61. The summed E-state index contributed by atoms with van der Waals surface area (Å²) in [5, 5.41) is 0. The molecule has 0 atom stereocenters. The lowest BCUT2D eigenvalue weighted by molar-refractivity contribution is -0.138. The van der Waals surface area contributed by atoms with Gasteiger partial charge in [0.25, 0.3) is 0 Å². The van der Waals surface area contributed by atoms with Crippen molar-refractivity contribution < 1.29 is 9.53 Å². The van der Waals surface area contributed by atoms with Gasteiger partial charge in [-0.2, -0.15) is 0 Å². The van der Waals surface area contributed by atoms with Gasteiger partial charge in [-0.05, 0) is 32.1 Å². The van der Waals surface area contributed by atoms with Gasteiger partial charge in [0.15, 0.2) is 0 Å². The zero-order valence-electron chi connectivity index (χ0n) is 11.4. The molecule has 1 aromatic carbocycles. The molecule has 0 unspecified atom stereocenters. The van der Waals surface area contributed by atoms with Crippen LogP contribution in [0.5, 0.6) is 0 Å². The maximum Gasteiger partial charge on any atom is 0.333 e. The Morgan fingerprint density at radius 3 is 2.61 bits per heavy atom. The van der Waals surface area contributed by atoms with Gasteiger partial charge in [0.05, 0.1) is 6.61 Å². The van der Waals surface area contributed by atoms with E-state index in [4.69, 9.17) is 4.74 Å². The van der Waals surface area contributed by atoms with Crippen LogP contribution in [0.4, 0.5) is 0 Å². The normalized spacial score (nSPS) is 10.4. The average Bonchev–Trinajstić information content (AvgIpc) is 2.28. The lowest BCUT2D eigenvalue weighted by Gasteiger charge is -2.11. The predicted molar refractivity (Wildman–Crippen MR) is 73.3 cm³/mol. The topological polar surface area (TPSA) is 29.5 Å². The average molecular weight is 247 g/mol. The first-order chi connectivity index (χ1) is 8.49. The number of carbonyl (C=O) groups excluding carboxylic acids is 1. The molecule has 1 aromatic rings. The molecule has 3 heteroatoms. The van der Waals surface area contributed by atoms with E-state index in [9.17, 15) is 4.79 Å². The summed E-state index contributed by atoms with van der Waals surface area (Å²) in [4.78, 5) is 13.3. The Kier molecular flexibility index (Phi) is 5.59. The lowest BCUT2D eigenvalue weighted by Crippen LogP contribution is -2.11. The van der Waals surface area contributed by atoms with Crippen molar-refractivity contribution in [3.63, 3.8) is 0 Å². The summed E-state index contributed by atoms with van der Waals surface area (Å²) < 4.78 is 5.08. The molecule has 1 rings (SSSR count). The van der Waals surface area contributed by atoms with Crippen molar-refractivity contribution in [2.24, 2.45) is 0 Å². The van der Waals surface area contributed by atoms with Crippen molar-refractivity contribution in [1.82, 2.24) is 4.90 Å². The van der Waals surface area contributed by atoms with E-state index < -0.39 is 0 Å². The van der Waals surface area contributed by atoms with Crippen molar-refractivity contribution in [2.45, 2.75) is 19.9 Å². The van der Waals surface area contributed by atoms with Crippen LogP contribution in [0.25, 0.3) is 0 Å². The van der Waals surface area contributed by atoms with Gasteiger partial charge in [0, 0.05) is 18.5 Å². The van der Waals surface area contributed by atoms with E-state index in [1.165, 1.54) is 11.1 Å². The highest BCUT2D eigenvalue weighted by Crippen LogP contribution is 2.08. The van der Waals surface area contributed by atoms with Crippen molar-refractivity contribution >= 4 is 5.97 Å². The Bertz CT molecular complexity index is 424. The van der Waals surface area contributed by atoms with Crippen LogP contribution < -0.4 is 0 Å². The standard InChI is InChI=1S/C15H21NO2/c1-12(2)15(17)18-9-8-13-6-5-7-14(10-13)11-16(3)4/h5-7,10H,1,8-9,11H2,2-4H3. The molecule has 0 spiro atoms. The number of hydrogen-bond donors (Lipinski definition) is 0. The van der Waals surface area contributed by atoms with Crippen LogP contribution in [0.3, 0.4) is 0 Å². The first kappa shape index (κ1) is 14.5. The molecule has 0 amide bonds.